The van der Waals surface area contributed by atoms with Crippen LogP contribution in [0.2, 0.25) is 0 Å². The van der Waals surface area contributed by atoms with E-state index in [1.54, 1.807) is 0 Å². The first-order valence-corrected chi connectivity index (χ1v) is 8.27. The van der Waals surface area contributed by atoms with E-state index in [0.717, 1.165) is 11.3 Å². The number of carbonyl (C=O) groups is 2. The molecule has 1 aromatic heterocycles. The second-order valence-electron chi connectivity index (χ2n) is 4.27. The third-order valence-electron chi connectivity index (χ3n) is 2.72. The monoisotopic (exact) mass is 304 g/mol. The van der Waals surface area contributed by atoms with Crippen LogP contribution < -0.4 is 5.32 Å². The Balaban J connectivity index is 2.02. The van der Waals surface area contributed by atoms with Gasteiger partial charge in [0.05, 0.1) is 11.5 Å². The van der Waals surface area contributed by atoms with Gasteiger partial charge in [-0.1, -0.05) is 0 Å². The summed E-state index contributed by atoms with van der Waals surface area (Å²) in [6.07, 6.45) is 1.12. The van der Waals surface area contributed by atoms with Crippen molar-refractivity contribution in [2.75, 3.05) is 11.5 Å². The number of thiazole rings is 1. The van der Waals surface area contributed by atoms with Crippen molar-refractivity contribution in [3.8, 4) is 0 Å². The van der Waals surface area contributed by atoms with Crippen molar-refractivity contribution in [3.05, 3.63) is 16.1 Å². The molecular weight excluding hydrogens is 292 g/mol. The van der Waals surface area contributed by atoms with Gasteiger partial charge in [0.25, 0.3) is 5.91 Å². The third-order valence-corrected chi connectivity index (χ3v) is 5.38. The van der Waals surface area contributed by atoms with E-state index in [1.165, 1.54) is 5.38 Å². The largest absolute Gasteiger partial charge is 0.476 e. The Hall–Kier alpha value is -1.48. The Labute approximate surface area is 113 Å². The molecule has 1 saturated heterocycles. The summed E-state index contributed by atoms with van der Waals surface area (Å²) in [6, 6.07) is -0.427. The molecule has 2 heterocycles. The first-order chi connectivity index (χ1) is 8.87. The van der Waals surface area contributed by atoms with E-state index in [1.807, 2.05) is 0 Å². The van der Waals surface area contributed by atoms with Gasteiger partial charge in [-0.2, -0.15) is 0 Å². The standard InChI is InChI=1S/C10H12N2O5S2/c13-8(9-12-7(4-18-9)10(14)15)11-6-2-1-3-19(16,17)5-6/h4,6H,1-3,5H2,(H,11,13)(H,14,15). The molecule has 0 spiro atoms. The predicted octanol–water partition coefficient (Wildman–Crippen LogP) is 0.148. The Morgan fingerprint density at radius 1 is 1.47 bits per heavy atom. The highest BCUT2D eigenvalue weighted by atomic mass is 32.2. The number of hydrogen-bond donors (Lipinski definition) is 2. The van der Waals surface area contributed by atoms with Crippen LogP contribution in [-0.4, -0.2) is 47.9 Å². The molecule has 1 fully saturated rings. The molecule has 1 unspecified atom stereocenters. The van der Waals surface area contributed by atoms with Crippen LogP contribution in [0.5, 0.6) is 0 Å². The molecule has 0 aromatic carbocycles. The molecule has 1 aromatic rings. The maximum absolute atomic E-state index is 11.8. The number of sulfone groups is 1. The minimum atomic E-state index is -3.09. The normalized spacial score (nSPS) is 21.8. The summed E-state index contributed by atoms with van der Waals surface area (Å²) in [4.78, 5) is 26.1. The number of nitrogens with one attached hydrogen (secondary N) is 1. The first kappa shape index (κ1) is 13.9. The van der Waals surface area contributed by atoms with Crippen molar-refractivity contribution in [2.45, 2.75) is 18.9 Å². The number of hydrogen-bond acceptors (Lipinski definition) is 6. The fraction of sp³-hybridized carbons (Fsp3) is 0.500. The van der Waals surface area contributed by atoms with Crippen LogP contribution in [0.15, 0.2) is 5.38 Å². The fourth-order valence-electron chi connectivity index (χ4n) is 1.86. The number of carboxylic acids is 1. The molecule has 2 N–H and O–H groups in total. The second-order valence-corrected chi connectivity index (χ2v) is 7.36. The number of aromatic nitrogens is 1. The van der Waals surface area contributed by atoms with E-state index in [9.17, 15) is 18.0 Å². The summed E-state index contributed by atoms with van der Waals surface area (Å²) in [6.45, 7) is 0. The van der Waals surface area contributed by atoms with Crippen molar-refractivity contribution in [1.29, 1.82) is 0 Å². The molecule has 0 bridgehead atoms. The lowest BCUT2D eigenvalue weighted by Crippen LogP contribution is -2.43. The summed E-state index contributed by atoms with van der Waals surface area (Å²) in [5, 5.41) is 12.6. The predicted molar refractivity (Wildman–Crippen MR) is 68.2 cm³/mol. The van der Waals surface area contributed by atoms with E-state index in [2.05, 4.69) is 10.3 Å². The lowest BCUT2D eigenvalue weighted by Gasteiger charge is -2.22. The molecular formula is C10H12N2O5S2. The van der Waals surface area contributed by atoms with Gasteiger partial charge < -0.3 is 10.4 Å². The molecule has 1 aliphatic heterocycles. The van der Waals surface area contributed by atoms with Gasteiger partial charge in [0.2, 0.25) is 0 Å². The van der Waals surface area contributed by atoms with Gasteiger partial charge in [0.15, 0.2) is 20.5 Å². The zero-order valence-corrected chi connectivity index (χ0v) is 11.5. The lowest BCUT2D eigenvalue weighted by molar-refractivity contribution is 0.0691. The molecule has 7 nitrogen and oxygen atoms in total. The number of carbonyl (C=O) groups excluding carboxylic acids is 1. The zero-order chi connectivity index (χ0) is 14.0. The zero-order valence-electron chi connectivity index (χ0n) is 9.83. The average Bonchev–Trinajstić information content (AvgIpc) is 2.76. The van der Waals surface area contributed by atoms with Crippen molar-refractivity contribution in [1.82, 2.24) is 10.3 Å². The lowest BCUT2D eigenvalue weighted by atomic mass is 10.2. The number of rotatable bonds is 3. The summed E-state index contributed by atoms with van der Waals surface area (Å²) in [5.41, 5.74) is -0.189. The SMILES string of the molecule is O=C(O)c1csc(C(=O)NC2CCCS(=O)(=O)C2)n1. The molecule has 19 heavy (non-hydrogen) atoms. The quantitative estimate of drug-likeness (QED) is 0.821. The minimum Gasteiger partial charge on any atom is -0.476 e. The Bertz CT molecular complexity index is 607. The summed E-state index contributed by atoms with van der Waals surface area (Å²) < 4.78 is 22.9. The number of amides is 1. The summed E-state index contributed by atoms with van der Waals surface area (Å²) in [5.74, 6) is -1.65. The molecule has 1 atom stereocenters. The van der Waals surface area contributed by atoms with Crippen LogP contribution in [0.3, 0.4) is 0 Å². The van der Waals surface area contributed by atoms with Crippen LogP contribution in [0.1, 0.15) is 33.1 Å². The number of nitrogens with zero attached hydrogens (tertiary/aromatic N) is 1. The first-order valence-electron chi connectivity index (χ1n) is 5.57. The van der Waals surface area contributed by atoms with Gasteiger partial charge in [0.1, 0.15) is 0 Å². The molecule has 9 heteroatoms. The highest BCUT2D eigenvalue weighted by Crippen LogP contribution is 2.14. The van der Waals surface area contributed by atoms with E-state index >= 15 is 0 Å². The maximum atomic E-state index is 11.8. The van der Waals surface area contributed by atoms with Crippen molar-refractivity contribution < 1.29 is 23.1 Å². The Morgan fingerprint density at radius 3 is 2.79 bits per heavy atom. The highest BCUT2D eigenvalue weighted by molar-refractivity contribution is 7.91. The summed E-state index contributed by atoms with van der Waals surface area (Å²) in [7, 11) is -3.09. The molecule has 0 saturated carbocycles. The van der Waals surface area contributed by atoms with E-state index in [4.69, 9.17) is 5.11 Å². The highest BCUT2D eigenvalue weighted by Gasteiger charge is 2.27. The Morgan fingerprint density at radius 2 is 2.21 bits per heavy atom. The Kier molecular flexibility index (Phi) is 3.85. The number of aromatic carboxylic acids is 1. The smallest absolute Gasteiger partial charge is 0.355 e. The number of carboxylic acid groups (broad SMARTS) is 1. The van der Waals surface area contributed by atoms with Gasteiger partial charge in [-0.3, -0.25) is 4.79 Å². The van der Waals surface area contributed by atoms with Crippen LogP contribution in [-0.2, 0) is 9.84 Å². The minimum absolute atomic E-state index is 0.0281. The van der Waals surface area contributed by atoms with Crippen molar-refractivity contribution in [2.24, 2.45) is 0 Å². The summed E-state index contributed by atoms with van der Waals surface area (Å²) >= 11 is 0.921. The fourth-order valence-corrected chi connectivity index (χ4v) is 4.19. The van der Waals surface area contributed by atoms with Crippen LogP contribution in [0.4, 0.5) is 0 Å². The second kappa shape index (κ2) is 5.25. The molecule has 1 amide bonds. The molecule has 0 radical (unpaired) electrons. The van der Waals surface area contributed by atoms with E-state index in [0.29, 0.717) is 12.8 Å². The molecule has 2 rings (SSSR count). The molecule has 104 valence electrons. The maximum Gasteiger partial charge on any atom is 0.355 e. The van der Waals surface area contributed by atoms with Gasteiger partial charge in [-0.05, 0) is 12.8 Å². The van der Waals surface area contributed by atoms with E-state index in [-0.39, 0.29) is 22.2 Å². The van der Waals surface area contributed by atoms with Crippen molar-refractivity contribution in [3.63, 3.8) is 0 Å². The molecule has 0 aliphatic carbocycles. The molecule has 1 aliphatic rings. The average molecular weight is 304 g/mol. The van der Waals surface area contributed by atoms with Crippen molar-refractivity contribution >= 4 is 33.1 Å². The van der Waals surface area contributed by atoms with Gasteiger partial charge in [0, 0.05) is 11.4 Å². The van der Waals surface area contributed by atoms with Gasteiger partial charge in [-0.15, -0.1) is 11.3 Å². The van der Waals surface area contributed by atoms with Crippen LogP contribution in [0.25, 0.3) is 0 Å². The van der Waals surface area contributed by atoms with Crippen LogP contribution in [0, 0.1) is 0 Å². The van der Waals surface area contributed by atoms with Gasteiger partial charge >= 0.3 is 5.97 Å². The topological polar surface area (TPSA) is 113 Å². The van der Waals surface area contributed by atoms with Gasteiger partial charge in [-0.25, -0.2) is 18.2 Å². The third kappa shape index (κ3) is 3.51. The van der Waals surface area contributed by atoms with E-state index < -0.39 is 27.8 Å². The van der Waals surface area contributed by atoms with Crippen LogP contribution >= 0.6 is 11.3 Å².